The first kappa shape index (κ1) is 23.6. The molecule has 0 spiro atoms. The number of carboxylic acid groups (broad SMARTS) is 1. The number of nitrogens with zero attached hydrogens (tertiary/aromatic N) is 3. The number of aryl methyl sites for hydroxylation is 2. The second-order valence-corrected chi connectivity index (χ2v) is 7.78. The van der Waals surface area contributed by atoms with Crippen LogP contribution in [0.3, 0.4) is 0 Å². The summed E-state index contributed by atoms with van der Waals surface area (Å²) in [5.41, 5.74) is 1.25. The lowest BCUT2D eigenvalue weighted by Gasteiger charge is -2.28. The number of benzene rings is 1. The molecular formula is C23H26F3N3O3. The average Bonchev–Trinajstić information content (AvgIpc) is 3.11. The number of hydrogen-bond acceptors (Lipinski definition) is 3. The van der Waals surface area contributed by atoms with Gasteiger partial charge in [0.1, 0.15) is 0 Å². The van der Waals surface area contributed by atoms with E-state index >= 15 is 0 Å². The Kier molecular flexibility index (Phi) is 7.37. The molecule has 172 valence electrons. The van der Waals surface area contributed by atoms with Crippen LogP contribution in [-0.4, -0.2) is 51.5 Å². The highest BCUT2D eigenvalue weighted by atomic mass is 19.4. The van der Waals surface area contributed by atoms with Crippen molar-refractivity contribution in [1.29, 1.82) is 0 Å². The van der Waals surface area contributed by atoms with Crippen molar-refractivity contribution in [3.05, 3.63) is 65.0 Å². The quantitative estimate of drug-likeness (QED) is 0.610. The Morgan fingerprint density at radius 1 is 1.16 bits per heavy atom. The van der Waals surface area contributed by atoms with E-state index in [0.29, 0.717) is 25.9 Å². The Hall–Kier alpha value is -3.10. The zero-order valence-corrected chi connectivity index (χ0v) is 17.8. The lowest BCUT2D eigenvalue weighted by atomic mass is 10.00. The van der Waals surface area contributed by atoms with Gasteiger partial charge in [-0.25, -0.2) is 4.79 Å². The standard InChI is InChI=1S/C23H26F3N3O3/c1-2-18-8-4-9-19(27-18)10-5-11-28-12-13-29(22(28)32)20(15-21(30)31)16-6-3-7-17(14-16)23(24,25)26/h3-4,6-9,14,20H,2,5,10-13,15H2,1H3,(H,30,31). The highest BCUT2D eigenvalue weighted by Crippen LogP contribution is 2.34. The largest absolute Gasteiger partial charge is 0.481 e. The van der Waals surface area contributed by atoms with Crippen molar-refractivity contribution in [1.82, 2.24) is 14.8 Å². The smallest absolute Gasteiger partial charge is 0.416 e. The predicted molar refractivity (Wildman–Crippen MR) is 112 cm³/mol. The molecular weight excluding hydrogens is 423 g/mol. The van der Waals surface area contributed by atoms with Crippen LogP contribution in [0.25, 0.3) is 0 Å². The van der Waals surface area contributed by atoms with Crippen LogP contribution in [0.4, 0.5) is 18.0 Å². The van der Waals surface area contributed by atoms with E-state index < -0.39 is 30.2 Å². The molecule has 1 N–H and O–H groups in total. The molecule has 1 aliphatic heterocycles. The van der Waals surface area contributed by atoms with E-state index in [1.807, 2.05) is 25.1 Å². The third-order valence-electron chi connectivity index (χ3n) is 5.56. The Balaban J connectivity index is 1.68. The molecule has 3 rings (SSSR count). The number of alkyl halides is 3. The topological polar surface area (TPSA) is 73.7 Å². The van der Waals surface area contributed by atoms with Crippen LogP contribution in [0.15, 0.2) is 42.5 Å². The van der Waals surface area contributed by atoms with E-state index in [2.05, 4.69) is 4.98 Å². The third kappa shape index (κ3) is 5.77. The van der Waals surface area contributed by atoms with Crippen LogP contribution in [0, 0.1) is 0 Å². The van der Waals surface area contributed by atoms with Crippen LogP contribution < -0.4 is 0 Å². The molecule has 0 aliphatic carbocycles. The molecule has 0 bridgehead atoms. The summed E-state index contributed by atoms with van der Waals surface area (Å²) in [6.45, 7) is 3.16. The molecule has 1 atom stereocenters. The fourth-order valence-corrected chi connectivity index (χ4v) is 3.91. The van der Waals surface area contributed by atoms with Gasteiger partial charge in [0, 0.05) is 31.0 Å². The molecule has 1 saturated heterocycles. The van der Waals surface area contributed by atoms with Gasteiger partial charge in [0.05, 0.1) is 18.0 Å². The maximum Gasteiger partial charge on any atom is 0.416 e. The number of carbonyl (C=O) groups is 2. The summed E-state index contributed by atoms with van der Waals surface area (Å²) in [5.74, 6) is -1.18. The van der Waals surface area contributed by atoms with Gasteiger partial charge < -0.3 is 14.9 Å². The van der Waals surface area contributed by atoms with Gasteiger partial charge >= 0.3 is 18.2 Å². The van der Waals surface area contributed by atoms with Crippen LogP contribution >= 0.6 is 0 Å². The number of carbonyl (C=O) groups excluding carboxylic acids is 1. The van der Waals surface area contributed by atoms with Crippen molar-refractivity contribution >= 4 is 12.0 Å². The van der Waals surface area contributed by atoms with Gasteiger partial charge in [0.15, 0.2) is 0 Å². The van der Waals surface area contributed by atoms with E-state index in [9.17, 15) is 27.9 Å². The Bertz CT molecular complexity index is 965. The lowest BCUT2D eigenvalue weighted by molar-refractivity contribution is -0.138. The minimum Gasteiger partial charge on any atom is -0.481 e. The summed E-state index contributed by atoms with van der Waals surface area (Å²) in [4.78, 5) is 31.9. The molecule has 0 radical (unpaired) electrons. The van der Waals surface area contributed by atoms with Crippen molar-refractivity contribution in [3.63, 3.8) is 0 Å². The highest BCUT2D eigenvalue weighted by Gasteiger charge is 2.37. The maximum atomic E-state index is 13.1. The Labute approximate surface area is 184 Å². The average molecular weight is 449 g/mol. The van der Waals surface area contributed by atoms with E-state index in [1.54, 1.807) is 4.90 Å². The minimum absolute atomic E-state index is 0.165. The zero-order chi connectivity index (χ0) is 23.3. The predicted octanol–water partition coefficient (Wildman–Crippen LogP) is 4.55. The second kappa shape index (κ2) is 10.0. The van der Waals surface area contributed by atoms with Crippen LogP contribution in [-0.2, 0) is 23.8 Å². The minimum atomic E-state index is -4.55. The first-order chi connectivity index (χ1) is 15.2. The number of carboxylic acids is 1. The van der Waals surface area contributed by atoms with Crippen LogP contribution in [0.1, 0.15) is 48.3 Å². The number of pyridine rings is 1. The summed E-state index contributed by atoms with van der Waals surface area (Å²) in [7, 11) is 0. The molecule has 2 heterocycles. The summed E-state index contributed by atoms with van der Waals surface area (Å²) < 4.78 is 39.4. The number of aliphatic carboxylic acids is 1. The van der Waals surface area contributed by atoms with E-state index in [4.69, 9.17) is 0 Å². The molecule has 0 saturated carbocycles. The normalized spacial score (nSPS) is 15.3. The second-order valence-electron chi connectivity index (χ2n) is 7.78. The molecule has 1 fully saturated rings. The molecule has 1 aliphatic rings. The first-order valence-corrected chi connectivity index (χ1v) is 10.6. The number of halogens is 3. The van der Waals surface area contributed by atoms with Crippen molar-refractivity contribution in [2.24, 2.45) is 0 Å². The number of urea groups is 1. The molecule has 1 aromatic heterocycles. The van der Waals surface area contributed by atoms with Crippen molar-refractivity contribution in [3.8, 4) is 0 Å². The molecule has 9 heteroatoms. The van der Waals surface area contributed by atoms with Crippen LogP contribution in [0.2, 0.25) is 0 Å². The SMILES string of the molecule is CCc1cccc(CCCN2CCN(C(CC(=O)O)c3cccc(C(F)(F)F)c3)C2=O)n1. The molecule has 2 aromatic rings. The number of amides is 2. The molecule has 2 amide bonds. The monoisotopic (exact) mass is 449 g/mol. The van der Waals surface area contributed by atoms with Gasteiger partial charge in [-0.15, -0.1) is 0 Å². The number of hydrogen-bond donors (Lipinski definition) is 1. The van der Waals surface area contributed by atoms with E-state index in [-0.39, 0.29) is 18.1 Å². The van der Waals surface area contributed by atoms with Crippen molar-refractivity contribution in [2.45, 2.75) is 44.8 Å². The van der Waals surface area contributed by atoms with Crippen LogP contribution in [0.5, 0.6) is 0 Å². The maximum absolute atomic E-state index is 13.1. The Morgan fingerprint density at radius 3 is 2.56 bits per heavy atom. The summed E-state index contributed by atoms with van der Waals surface area (Å²) >= 11 is 0. The summed E-state index contributed by atoms with van der Waals surface area (Å²) in [6, 6.07) is 9.06. The van der Waals surface area contributed by atoms with Gasteiger partial charge in [-0.3, -0.25) is 9.78 Å². The summed E-state index contributed by atoms with van der Waals surface area (Å²) in [5, 5.41) is 9.32. The fraction of sp³-hybridized carbons (Fsp3) is 0.435. The molecule has 1 aromatic carbocycles. The fourth-order valence-electron chi connectivity index (χ4n) is 3.91. The van der Waals surface area contributed by atoms with Gasteiger partial charge in [0.25, 0.3) is 0 Å². The molecule has 6 nitrogen and oxygen atoms in total. The molecule has 1 unspecified atom stereocenters. The van der Waals surface area contributed by atoms with Gasteiger partial charge in [0.2, 0.25) is 0 Å². The lowest BCUT2D eigenvalue weighted by Crippen LogP contribution is -2.36. The van der Waals surface area contributed by atoms with E-state index in [0.717, 1.165) is 29.9 Å². The third-order valence-corrected chi connectivity index (χ3v) is 5.56. The highest BCUT2D eigenvalue weighted by molar-refractivity contribution is 5.78. The molecule has 32 heavy (non-hydrogen) atoms. The zero-order valence-electron chi connectivity index (χ0n) is 17.8. The summed E-state index contributed by atoms with van der Waals surface area (Å²) in [6.07, 6.45) is -2.78. The Morgan fingerprint density at radius 2 is 1.88 bits per heavy atom. The van der Waals surface area contributed by atoms with E-state index in [1.165, 1.54) is 17.0 Å². The van der Waals surface area contributed by atoms with Gasteiger partial charge in [-0.05, 0) is 49.1 Å². The van der Waals surface area contributed by atoms with Crippen molar-refractivity contribution < 1.29 is 27.9 Å². The van der Waals surface area contributed by atoms with Gasteiger partial charge in [-0.2, -0.15) is 13.2 Å². The van der Waals surface area contributed by atoms with Crippen molar-refractivity contribution in [2.75, 3.05) is 19.6 Å². The van der Waals surface area contributed by atoms with Gasteiger partial charge in [-0.1, -0.05) is 25.1 Å². The number of aromatic nitrogens is 1. The number of rotatable bonds is 9. The first-order valence-electron chi connectivity index (χ1n) is 10.6.